The number of nitrogens with zero attached hydrogens (tertiary/aromatic N) is 4. The molecule has 3 aromatic rings. The molecule has 0 spiro atoms. The number of nitrogens with one attached hydrogen (secondary N) is 3. The van der Waals surface area contributed by atoms with E-state index in [1.54, 1.807) is 13.8 Å². The summed E-state index contributed by atoms with van der Waals surface area (Å²) in [5.41, 5.74) is -1.19. The number of aromatic nitrogens is 2. The lowest BCUT2D eigenvalue weighted by molar-refractivity contribution is -0.189. The number of likely N-dealkylation sites (tertiary alicyclic amines) is 1. The maximum Gasteiger partial charge on any atom is 0.491 e. The van der Waals surface area contributed by atoms with E-state index in [2.05, 4.69) is 30.8 Å². The molecule has 11 nitrogen and oxygen atoms in total. The lowest BCUT2D eigenvalue weighted by atomic mass is 9.95. The number of para-hydroxylation sites is 1. The van der Waals surface area contributed by atoms with Crippen molar-refractivity contribution in [2.75, 3.05) is 29.9 Å². The van der Waals surface area contributed by atoms with Gasteiger partial charge in [0, 0.05) is 29.8 Å². The van der Waals surface area contributed by atoms with Gasteiger partial charge < -0.3 is 20.7 Å². The molecule has 48 heavy (non-hydrogen) atoms. The number of urea groups is 1. The minimum Gasteiger partial charge on any atom is -0.418 e. The number of hydrogen-bond donors (Lipinski definition) is 3. The summed E-state index contributed by atoms with van der Waals surface area (Å²) >= 11 is 0. The lowest BCUT2D eigenvalue weighted by Gasteiger charge is -2.31. The minimum absolute atomic E-state index is 0.0349. The molecule has 5 rings (SSSR count). The van der Waals surface area contributed by atoms with Crippen LogP contribution in [0.2, 0.25) is 0 Å². The smallest absolute Gasteiger partial charge is 0.418 e. The quantitative estimate of drug-likeness (QED) is 0.152. The number of aryl methyl sites for hydroxylation is 1. The fourth-order valence-corrected chi connectivity index (χ4v) is 5.86. The van der Waals surface area contributed by atoms with Crippen LogP contribution in [-0.2, 0) is 11.3 Å². The number of amides is 3. The molecule has 3 amide bonds. The summed E-state index contributed by atoms with van der Waals surface area (Å²) in [5, 5.41) is 8.21. The number of likely N-dealkylation sites (N-methyl/N-ethyl adjacent to an activating group) is 1. The van der Waals surface area contributed by atoms with Crippen LogP contribution in [0.25, 0.3) is 11.3 Å². The molecule has 256 valence electrons. The normalized spacial score (nSPS) is 16.5. The first-order chi connectivity index (χ1) is 22.7. The first-order valence-corrected chi connectivity index (χ1v) is 15.4. The van der Waals surface area contributed by atoms with Crippen molar-refractivity contribution in [3.63, 3.8) is 0 Å². The van der Waals surface area contributed by atoms with E-state index in [1.165, 1.54) is 19.1 Å². The molecule has 2 aliphatic rings. The maximum absolute atomic E-state index is 15.2. The first kappa shape index (κ1) is 34.5. The molecule has 3 heterocycles. The predicted molar refractivity (Wildman–Crippen MR) is 166 cm³/mol. The number of halogens is 5. The second-order valence-corrected chi connectivity index (χ2v) is 11.7. The summed E-state index contributed by atoms with van der Waals surface area (Å²) in [5.74, 6) is -6.71. The number of benzene rings is 2. The zero-order chi connectivity index (χ0) is 34.9. The van der Waals surface area contributed by atoms with Crippen molar-refractivity contribution in [1.82, 2.24) is 25.5 Å². The molecule has 1 unspecified atom stereocenters. The molecule has 1 fully saturated rings. The fourth-order valence-electron chi connectivity index (χ4n) is 5.86. The Morgan fingerprint density at radius 3 is 2.48 bits per heavy atom. The van der Waals surface area contributed by atoms with Crippen LogP contribution in [0.4, 0.5) is 44.2 Å². The summed E-state index contributed by atoms with van der Waals surface area (Å²) in [6.45, 7) is 8.45. The van der Waals surface area contributed by atoms with E-state index >= 15 is 8.78 Å². The molecule has 0 saturated carbocycles. The van der Waals surface area contributed by atoms with Gasteiger partial charge >= 0.3 is 18.2 Å². The molecular weight excluding hydrogens is 641 g/mol. The summed E-state index contributed by atoms with van der Waals surface area (Å²) in [6, 6.07) is 4.39. The van der Waals surface area contributed by atoms with Gasteiger partial charge in [-0.1, -0.05) is 19.1 Å². The third-order valence-electron chi connectivity index (χ3n) is 8.07. The van der Waals surface area contributed by atoms with Crippen molar-refractivity contribution < 1.29 is 41.1 Å². The highest BCUT2D eigenvalue weighted by molar-refractivity contribution is 6.04. The Morgan fingerprint density at radius 1 is 1.12 bits per heavy atom. The maximum atomic E-state index is 15.2. The number of carbonyl (C=O) groups is 3. The first-order valence-electron chi connectivity index (χ1n) is 15.4. The van der Waals surface area contributed by atoms with Crippen LogP contribution in [0, 0.1) is 18.6 Å². The highest BCUT2D eigenvalue weighted by Crippen LogP contribution is 2.43. The number of ether oxygens (including phenoxy) is 1. The van der Waals surface area contributed by atoms with Crippen molar-refractivity contribution in [2.24, 2.45) is 0 Å². The van der Waals surface area contributed by atoms with E-state index in [9.17, 15) is 27.6 Å². The molecule has 1 saturated heterocycles. The van der Waals surface area contributed by atoms with Crippen LogP contribution in [-0.4, -0.2) is 70.7 Å². The topological polar surface area (TPSA) is 129 Å². The molecule has 2 aromatic carbocycles. The Morgan fingerprint density at radius 2 is 1.83 bits per heavy atom. The highest BCUT2D eigenvalue weighted by Gasteiger charge is 2.43. The van der Waals surface area contributed by atoms with Crippen LogP contribution < -0.4 is 25.6 Å². The lowest BCUT2D eigenvalue weighted by Crippen LogP contribution is -2.43. The number of anilines is 3. The predicted octanol–water partition coefficient (Wildman–Crippen LogP) is 5.59. The second-order valence-electron chi connectivity index (χ2n) is 11.7. The van der Waals surface area contributed by atoms with Crippen LogP contribution in [0.1, 0.15) is 55.1 Å². The van der Waals surface area contributed by atoms with Gasteiger partial charge in [0.05, 0.1) is 17.8 Å². The van der Waals surface area contributed by atoms with Crippen LogP contribution in [0.5, 0.6) is 5.75 Å². The molecule has 0 radical (unpaired) electrons. The average molecular weight is 676 g/mol. The number of carbonyl (C=O) groups excluding carboxylic acids is 3. The molecule has 3 N–H and O–H groups in total. The van der Waals surface area contributed by atoms with Gasteiger partial charge in [-0.25, -0.2) is 28.3 Å². The van der Waals surface area contributed by atoms with Gasteiger partial charge in [0.25, 0.3) is 5.91 Å². The van der Waals surface area contributed by atoms with E-state index in [1.807, 2.05) is 6.92 Å². The number of fused-ring (bicyclic) bond motifs is 1. The highest BCUT2D eigenvalue weighted by atomic mass is 19.4. The minimum atomic E-state index is -5.43. The number of hydrogen-bond acceptors (Lipinski definition) is 8. The Kier molecular flexibility index (Phi) is 9.84. The van der Waals surface area contributed by atoms with E-state index in [-0.39, 0.29) is 46.7 Å². The largest absolute Gasteiger partial charge is 0.491 e. The molecule has 16 heteroatoms. The second kappa shape index (κ2) is 13.7. The van der Waals surface area contributed by atoms with Gasteiger partial charge in [0.1, 0.15) is 17.3 Å². The average Bonchev–Trinajstić information content (AvgIpc) is 3.47. The molecular formula is C32H34F5N7O4. The summed E-state index contributed by atoms with van der Waals surface area (Å²) in [6.07, 6.45) is -3.61. The Balaban J connectivity index is 1.77. The zero-order valence-electron chi connectivity index (χ0n) is 26.6. The molecule has 1 atom stereocenters. The van der Waals surface area contributed by atoms with E-state index in [0.29, 0.717) is 11.4 Å². The van der Waals surface area contributed by atoms with Crippen molar-refractivity contribution in [2.45, 2.75) is 65.3 Å². The van der Waals surface area contributed by atoms with Gasteiger partial charge in [-0.3, -0.25) is 9.69 Å². The van der Waals surface area contributed by atoms with Crippen molar-refractivity contribution >= 4 is 35.4 Å². The zero-order valence-corrected chi connectivity index (χ0v) is 26.6. The Bertz CT molecular complexity index is 1730. The third-order valence-corrected chi connectivity index (χ3v) is 8.07. The van der Waals surface area contributed by atoms with Crippen LogP contribution in [0.15, 0.2) is 30.3 Å². The number of alkyl halides is 3. The Hall–Kier alpha value is -4.86. The van der Waals surface area contributed by atoms with Crippen molar-refractivity contribution in [1.29, 1.82) is 0 Å². The molecule has 1 aromatic heterocycles. The third kappa shape index (κ3) is 6.88. The number of esters is 1. The van der Waals surface area contributed by atoms with Crippen LogP contribution >= 0.6 is 0 Å². The van der Waals surface area contributed by atoms with Gasteiger partial charge in [0.15, 0.2) is 11.6 Å². The van der Waals surface area contributed by atoms with Crippen molar-refractivity contribution in [3.8, 4) is 17.0 Å². The standard InChI is InChI=1S/C32H34F5N7O4/c1-5-43-13-7-8-18(43)14-38-30-41-24(20-15-39-31(47)44(27(20)42-30)25-21(33)9-6-10-22(25)34)23-17(4)11-12-19(28(45)40-16(2)3)26(23)48-29(46)32(35,36)37/h6,9-12,16,18H,5,7-8,13-15H2,1-4H3,(H,39,47)(H,40,45)(H,38,41,42). The van der Waals surface area contributed by atoms with Crippen molar-refractivity contribution in [3.05, 3.63) is 58.7 Å². The molecule has 0 bridgehead atoms. The van der Waals surface area contributed by atoms with Gasteiger partial charge in [0.2, 0.25) is 5.95 Å². The Labute approximate surface area is 272 Å². The molecule has 2 aliphatic heterocycles. The summed E-state index contributed by atoms with van der Waals surface area (Å²) < 4.78 is 76.0. The van der Waals surface area contributed by atoms with Gasteiger partial charge in [-0.05, 0) is 70.5 Å². The van der Waals surface area contributed by atoms with E-state index < -0.39 is 58.8 Å². The van der Waals surface area contributed by atoms with E-state index in [4.69, 9.17) is 4.74 Å². The SMILES string of the molecule is CCN1CCCC1CNc1nc(-c2c(C)ccc(C(=O)NC(C)C)c2OC(=O)C(F)(F)F)c2c(n1)N(c1c(F)cccc1F)C(=O)NC2. The van der Waals surface area contributed by atoms with Gasteiger partial charge in [-0.2, -0.15) is 18.2 Å². The summed E-state index contributed by atoms with van der Waals surface area (Å²) in [4.78, 5) is 50.8. The number of rotatable bonds is 9. The monoisotopic (exact) mass is 675 g/mol. The van der Waals surface area contributed by atoms with Crippen LogP contribution in [0.3, 0.4) is 0 Å². The van der Waals surface area contributed by atoms with Gasteiger partial charge in [-0.15, -0.1) is 0 Å². The van der Waals surface area contributed by atoms with E-state index in [0.717, 1.165) is 44.1 Å². The summed E-state index contributed by atoms with van der Waals surface area (Å²) in [7, 11) is 0. The fraction of sp³-hybridized carbons (Fsp3) is 0.406. The molecule has 0 aliphatic carbocycles.